The lowest BCUT2D eigenvalue weighted by molar-refractivity contribution is -0.114. The predicted octanol–water partition coefficient (Wildman–Crippen LogP) is 3.67. The molecule has 0 bridgehead atoms. The second kappa shape index (κ2) is 8.24. The van der Waals surface area contributed by atoms with Crippen LogP contribution in [0.2, 0.25) is 5.02 Å². The Balaban J connectivity index is 1.59. The maximum atomic E-state index is 12.9. The molecular formula is C21H22ClN3O3S2. The molecule has 2 aliphatic rings. The number of para-hydroxylation sites is 1. The van der Waals surface area contributed by atoms with Gasteiger partial charge in [-0.15, -0.1) is 0 Å². The summed E-state index contributed by atoms with van der Waals surface area (Å²) >= 11 is 7.46. The number of sulfone groups is 1. The summed E-state index contributed by atoms with van der Waals surface area (Å²) in [6.45, 7) is 3.98. The third-order valence-electron chi connectivity index (χ3n) is 5.22. The Hall–Kier alpha value is -2.03. The van der Waals surface area contributed by atoms with Crippen molar-refractivity contribution in [1.29, 1.82) is 0 Å². The zero-order valence-corrected chi connectivity index (χ0v) is 19.0. The van der Waals surface area contributed by atoms with Crippen molar-refractivity contribution in [3.8, 4) is 0 Å². The number of nitrogens with zero attached hydrogens (tertiary/aromatic N) is 2. The molecule has 0 unspecified atom stereocenters. The van der Waals surface area contributed by atoms with E-state index in [9.17, 15) is 13.2 Å². The fourth-order valence-corrected chi connectivity index (χ4v) is 7.60. The largest absolute Gasteiger partial charge is 0.324 e. The van der Waals surface area contributed by atoms with Gasteiger partial charge in [-0.3, -0.25) is 9.79 Å². The highest BCUT2D eigenvalue weighted by molar-refractivity contribution is 8.15. The summed E-state index contributed by atoms with van der Waals surface area (Å²) in [5.74, 6) is 0.0191. The van der Waals surface area contributed by atoms with Crippen LogP contribution in [0.4, 0.5) is 11.4 Å². The van der Waals surface area contributed by atoms with E-state index in [0.717, 1.165) is 22.5 Å². The van der Waals surface area contributed by atoms with Crippen molar-refractivity contribution in [2.45, 2.75) is 25.1 Å². The fourth-order valence-electron chi connectivity index (χ4n) is 3.70. The standard InChI is InChI=1S/C21H22ClN3O3S2/c1-13-4-3-5-14(2)20(13)24-19(26)10-25(16-8-6-15(22)7-9-16)21-23-17-11-30(27,28)12-18(17)29-21/h3-9,17-18H,10-12H2,1-2H3,(H,24,26)/t17-,18-/m0/s1. The predicted molar refractivity (Wildman–Crippen MR) is 125 cm³/mol. The van der Waals surface area contributed by atoms with Crippen molar-refractivity contribution in [1.82, 2.24) is 0 Å². The van der Waals surface area contributed by atoms with Crippen LogP contribution < -0.4 is 10.2 Å². The molecular weight excluding hydrogens is 442 g/mol. The average Bonchev–Trinajstić information content (AvgIpc) is 3.17. The molecule has 0 aliphatic carbocycles. The number of benzene rings is 2. The first-order valence-electron chi connectivity index (χ1n) is 9.56. The van der Waals surface area contributed by atoms with Gasteiger partial charge in [0.15, 0.2) is 15.0 Å². The number of fused-ring (bicyclic) bond motifs is 1. The normalized spacial score (nSPS) is 21.8. The summed E-state index contributed by atoms with van der Waals surface area (Å²) in [6.07, 6.45) is 0. The number of aliphatic imine (C=N–C) groups is 1. The van der Waals surface area contributed by atoms with Crippen molar-refractivity contribution in [2.24, 2.45) is 4.99 Å². The number of amides is 1. The second-order valence-corrected chi connectivity index (χ2v) is 11.4. The van der Waals surface area contributed by atoms with Crippen molar-refractivity contribution < 1.29 is 13.2 Å². The van der Waals surface area contributed by atoms with Gasteiger partial charge in [0.25, 0.3) is 0 Å². The number of hydrogen-bond acceptors (Lipinski definition) is 6. The quantitative estimate of drug-likeness (QED) is 0.748. The molecule has 0 radical (unpaired) electrons. The Kier molecular flexibility index (Phi) is 5.83. The number of aryl methyl sites for hydroxylation is 2. The van der Waals surface area contributed by atoms with E-state index >= 15 is 0 Å². The van der Waals surface area contributed by atoms with Gasteiger partial charge in [-0.1, -0.05) is 41.6 Å². The van der Waals surface area contributed by atoms with E-state index < -0.39 is 9.84 Å². The van der Waals surface area contributed by atoms with Gasteiger partial charge in [0.2, 0.25) is 5.91 Å². The Labute approximate surface area is 185 Å². The number of nitrogens with one attached hydrogen (secondary N) is 1. The lowest BCUT2D eigenvalue weighted by Gasteiger charge is -2.24. The van der Waals surface area contributed by atoms with Crippen LogP contribution in [0.1, 0.15) is 11.1 Å². The Bertz CT molecular complexity index is 1100. The molecule has 6 nitrogen and oxygen atoms in total. The molecule has 4 rings (SSSR count). The van der Waals surface area contributed by atoms with E-state index in [1.165, 1.54) is 11.8 Å². The van der Waals surface area contributed by atoms with Crippen LogP contribution in [-0.4, -0.2) is 48.8 Å². The molecule has 1 N–H and O–H groups in total. The minimum atomic E-state index is -3.04. The number of halogens is 1. The molecule has 2 atom stereocenters. The lowest BCUT2D eigenvalue weighted by atomic mass is 10.1. The summed E-state index contributed by atoms with van der Waals surface area (Å²) in [5.41, 5.74) is 3.58. The third-order valence-corrected chi connectivity index (χ3v) is 8.72. The van der Waals surface area contributed by atoms with Crippen LogP contribution in [-0.2, 0) is 14.6 Å². The number of rotatable bonds is 4. The SMILES string of the molecule is Cc1cccc(C)c1NC(=O)CN(C1=N[C@H]2CS(=O)(=O)C[C@@H]2S1)c1ccc(Cl)cc1. The van der Waals surface area contributed by atoms with Crippen molar-refractivity contribution >= 4 is 55.6 Å². The van der Waals surface area contributed by atoms with Crippen LogP contribution >= 0.6 is 23.4 Å². The highest BCUT2D eigenvalue weighted by Crippen LogP contribution is 2.37. The van der Waals surface area contributed by atoms with Crippen molar-refractivity contribution in [2.75, 3.05) is 28.3 Å². The van der Waals surface area contributed by atoms with Crippen LogP contribution in [0.3, 0.4) is 0 Å². The van der Waals surface area contributed by atoms with E-state index in [1.54, 1.807) is 12.1 Å². The molecule has 2 aliphatic heterocycles. The van der Waals surface area contributed by atoms with Gasteiger partial charge < -0.3 is 10.2 Å². The summed E-state index contributed by atoms with van der Waals surface area (Å²) in [5, 5.41) is 4.18. The zero-order valence-electron chi connectivity index (χ0n) is 16.6. The fraction of sp³-hybridized carbons (Fsp3) is 0.333. The number of anilines is 2. The highest BCUT2D eigenvalue weighted by Gasteiger charge is 2.44. The zero-order chi connectivity index (χ0) is 21.5. The van der Waals surface area contributed by atoms with E-state index in [-0.39, 0.29) is 35.2 Å². The van der Waals surface area contributed by atoms with Crippen LogP contribution in [0.15, 0.2) is 47.5 Å². The molecule has 1 saturated heterocycles. The maximum absolute atomic E-state index is 12.9. The number of carbonyl (C=O) groups excluding carboxylic acids is 1. The van der Waals surface area contributed by atoms with Crippen LogP contribution in [0.25, 0.3) is 0 Å². The molecule has 0 aromatic heterocycles. The smallest absolute Gasteiger partial charge is 0.244 e. The third kappa shape index (κ3) is 4.50. The first-order valence-corrected chi connectivity index (χ1v) is 12.6. The van der Waals surface area contributed by atoms with Gasteiger partial charge >= 0.3 is 0 Å². The number of hydrogen-bond donors (Lipinski definition) is 1. The van der Waals surface area contributed by atoms with Gasteiger partial charge in [-0.05, 0) is 49.2 Å². The van der Waals surface area contributed by atoms with Crippen LogP contribution in [0.5, 0.6) is 0 Å². The number of thioether (sulfide) groups is 1. The maximum Gasteiger partial charge on any atom is 0.244 e. The monoisotopic (exact) mass is 463 g/mol. The summed E-state index contributed by atoms with van der Waals surface area (Å²) < 4.78 is 23.8. The molecule has 1 fully saturated rings. The van der Waals surface area contributed by atoms with E-state index in [2.05, 4.69) is 10.3 Å². The minimum Gasteiger partial charge on any atom is -0.324 e. The molecule has 9 heteroatoms. The summed E-state index contributed by atoms with van der Waals surface area (Å²) in [4.78, 5) is 19.4. The van der Waals surface area contributed by atoms with Gasteiger partial charge in [0, 0.05) is 21.6 Å². The van der Waals surface area contributed by atoms with Gasteiger partial charge in [-0.2, -0.15) is 0 Å². The Morgan fingerprint density at radius 3 is 2.47 bits per heavy atom. The van der Waals surface area contributed by atoms with Crippen molar-refractivity contribution in [3.05, 3.63) is 58.6 Å². The molecule has 2 heterocycles. The molecule has 0 spiro atoms. The molecule has 0 saturated carbocycles. The molecule has 158 valence electrons. The number of amidine groups is 1. The van der Waals surface area contributed by atoms with Crippen molar-refractivity contribution in [3.63, 3.8) is 0 Å². The summed E-state index contributed by atoms with van der Waals surface area (Å²) in [7, 11) is -3.04. The summed E-state index contributed by atoms with van der Waals surface area (Å²) in [6, 6.07) is 12.8. The van der Waals surface area contributed by atoms with Gasteiger partial charge in [0.1, 0.15) is 6.54 Å². The lowest BCUT2D eigenvalue weighted by Crippen LogP contribution is -2.36. The van der Waals surface area contributed by atoms with E-state index in [4.69, 9.17) is 11.6 Å². The van der Waals surface area contributed by atoms with E-state index in [0.29, 0.717) is 10.2 Å². The number of carbonyl (C=O) groups is 1. The second-order valence-electron chi connectivity index (χ2n) is 7.59. The Morgan fingerprint density at radius 1 is 1.17 bits per heavy atom. The molecule has 30 heavy (non-hydrogen) atoms. The highest BCUT2D eigenvalue weighted by atomic mass is 35.5. The van der Waals surface area contributed by atoms with Gasteiger partial charge in [-0.25, -0.2) is 8.42 Å². The first kappa shape index (κ1) is 21.2. The van der Waals surface area contributed by atoms with E-state index in [1.807, 2.05) is 49.1 Å². The molecule has 2 aromatic rings. The Morgan fingerprint density at radius 2 is 1.83 bits per heavy atom. The topological polar surface area (TPSA) is 78.8 Å². The first-order chi connectivity index (χ1) is 14.2. The van der Waals surface area contributed by atoms with Crippen LogP contribution in [0, 0.1) is 13.8 Å². The van der Waals surface area contributed by atoms with Gasteiger partial charge in [0.05, 0.1) is 17.5 Å². The molecule has 2 aromatic carbocycles. The minimum absolute atomic E-state index is 0.0629. The average molecular weight is 464 g/mol. The molecule has 1 amide bonds.